The summed E-state index contributed by atoms with van der Waals surface area (Å²) < 4.78 is 3.23. The monoisotopic (exact) mass is 286 g/mol. The maximum absolute atomic E-state index is 11.9. The first-order chi connectivity index (χ1) is 10.1. The number of aromatic nitrogens is 2. The van der Waals surface area contributed by atoms with Crippen molar-refractivity contribution < 1.29 is 0 Å². The molecular weight excluding hydrogens is 264 g/mol. The van der Waals surface area contributed by atoms with Crippen molar-refractivity contribution in [3.8, 4) is 5.69 Å². The van der Waals surface area contributed by atoms with E-state index >= 15 is 0 Å². The Morgan fingerprint density at radius 2 is 1.90 bits per heavy atom. The number of hydrogen-bond donors (Lipinski definition) is 1. The van der Waals surface area contributed by atoms with Gasteiger partial charge in [-0.15, -0.1) is 0 Å². The molecule has 0 amide bonds. The van der Waals surface area contributed by atoms with Crippen molar-refractivity contribution in [2.24, 2.45) is 18.7 Å². The second-order valence-electron chi connectivity index (χ2n) is 5.95. The second kappa shape index (κ2) is 5.50. The Labute approximate surface area is 124 Å². The fraction of sp³-hybridized carbons (Fsp3) is 0.438. The molecule has 5 nitrogen and oxygen atoms in total. The van der Waals surface area contributed by atoms with E-state index in [0.717, 1.165) is 25.2 Å². The van der Waals surface area contributed by atoms with Crippen molar-refractivity contribution in [2.75, 3.05) is 20.1 Å². The molecule has 0 spiro atoms. The molecule has 21 heavy (non-hydrogen) atoms. The van der Waals surface area contributed by atoms with Crippen LogP contribution in [0.25, 0.3) is 5.69 Å². The molecule has 1 fully saturated rings. The van der Waals surface area contributed by atoms with Crippen LogP contribution in [-0.2, 0) is 7.05 Å². The Kier molecular flexibility index (Phi) is 3.69. The fourth-order valence-electron chi connectivity index (χ4n) is 3.18. The number of imidazole rings is 1. The van der Waals surface area contributed by atoms with Gasteiger partial charge in [0, 0.05) is 32.0 Å². The lowest BCUT2D eigenvalue weighted by atomic mass is 10.00. The molecule has 2 heterocycles. The van der Waals surface area contributed by atoms with E-state index in [1.807, 2.05) is 12.1 Å². The van der Waals surface area contributed by atoms with Crippen LogP contribution in [0.3, 0.4) is 0 Å². The molecule has 0 radical (unpaired) electrons. The van der Waals surface area contributed by atoms with Crippen LogP contribution < -0.4 is 11.4 Å². The van der Waals surface area contributed by atoms with Crippen molar-refractivity contribution in [3.63, 3.8) is 0 Å². The van der Waals surface area contributed by atoms with E-state index in [4.69, 9.17) is 5.73 Å². The first kappa shape index (κ1) is 14.1. The van der Waals surface area contributed by atoms with Gasteiger partial charge in [0.2, 0.25) is 0 Å². The lowest BCUT2D eigenvalue weighted by Gasteiger charge is -2.19. The summed E-state index contributed by atoms with van der Waals surface area (Å²) in [6, 6.07) is 8.70. The highest BCUT2D eigenvalue weighted by Crippen LogP contribution is 2.33. The number of aryl methyl sites for hydroxylation is 1. The summed E-state index contributed by atoms with van der Waals surface area (Å²) in [6.07, 6.45) is 4.67. The SMILES string of the molecule is CN1CC(CN)CC1c1ccc(-n2ccn(C)c2=O)cc1. The average Bonchev–Trinajstić information content (AvgIpc) is 3.03. The van der Waals surface area contributed by atoms with Gasteiger partial charge in [0.15, 0.2) is 0 Å². The normalized spacial score (nSPS) is 22.8. The zero-order valence-corrected chi connectivity index (χ0v) is 12.6. The Morgan fingerprint density at radius 3 is 2.43 bits per heavy atom. The fourth-order valence-corrected chi connectivity index (χ4v) is 3.18. The lowest BCUT2D eigenvalue weighted by molar-refractivity contribution is 0.313. The number of hydrogen-bond acceptors (Lipinski definition) is 3. The molecule has 1 aliphatic heterocycles. The number of nitrogens with two attached hydrogens (primary N) is 1. The van der Waals surface area contributed by atoms with Crippen molar-refractivity contribution >= 4 is 0 Å². The van der Waals surface area contributed by atoms with Crippen molar-refractivity contribution in [3.05, 3.63) is 52.7 Å². The summed E-state index contributed by atoms with van der Waals surface area (Å²) in [4.78, 5) is 14.3. The topological polar surface area (TPSA) is 56.2 Å². The van der Waals surface area contributed by atoms with Gasteiger partial charge in [-0.1, -0.05) is 12.1 Å². The minimum Gasteiger partial charge on any atom is -0.330 e. The zero-order valence-electron chi connectivity index (χ0n) is 12.6. The summed E-state index contributed by atoms with van der Waals surface area (Å²) in [6.45, 7) is 1.80. The number of benzene rings is 1. The van der Waals surface area contributed by atoms with Crippen LogP contribution in [0, 0.1) is 5.92 Å². The van der Waals surface area contributed by atoms with Gasteiger partial charge in [-0.2, -0.15) is 0 Å². The molecule has 2 unspecified atom stereocenters. The highest BCUT2D eigenvalue weighted by molar-refractivity contribution is 5.36. The van der Waals surface area contributed by atoms with E-state index in [9.17, 15) is 4.79 Å². The quantitative estimate of drug-likeness (QED) is 0.920. The van der Waals surface area contributed by atoms with Crippen molar-refractivity contribution in [1.82, 2.24) is 14.0 Å². The Morgan fingerprint density at radius 1 is 1.19 bits per heavy atom. The molecule has 3 rings (SSSR count). The molecule has 0 bridgehead atoms. The van der Waals surface area contributed by atoms with Gasteiger partial charge in [0.25, 0.3) is 0 Å². The van der Waals surface area contributed by atoms with E-state index in [2.05, 4.69) is 24.1 Å². The molecule has 1 aromatic heterocycles. The Bertz CT molecular complexity index is 670. The second-order valence-corrected chi connectivity index (χ2v) is 5.95. The maximum atomic E-state index is 11.9. The number of likely N-dealkylation sites (tertiary alicyclic amines) is 1. The third-order valence-corrected chi connectivity index (χ3v) is 4.47. The number of rotatable bonds is 3. The Hall–Kier alpha value is -1.85. The van der Waals surface area contributed by atoms with Gasteiger partial charge in [-0.3, -0.25) is 9.47 Å². The summed E-state index contributed by atoms with van der Waals surface area (Å²) in [5, 5.41) is 0. The van der Waals surface area contributed by atoms with E-state index in [1.54, 1.807) is 28.6 Å². The van der Waals surface area contributed by atoms with Crippen LogP contribution in [0.15, 0.2) is 41.5 Å². The van der Waals surface area contributed by atoms with E-state index in [0.29, 0.717) is 12.0 Å². The first-order valence-electron chi connectivity index (χ1n) is 7.34. The molecule has 0 aliphatic carbocycles. The summed E-state index contributed by atoms with van der Waals surface area (Å²) in [5.41, 5.74) is 7.96. The third-order valence-electron chi connectivity index (χ3n) is 4.47. The van der Waals surface area contributed by atoms with Crippen LogP contribution in [0.4, 0.5) is 0 Å². The van der Waals surface area contributed by atoms with Crippen molar-refractivity contribution in [2.45, 2.75) is 12.5 Å². The van der Waals surface area contributed by atoms with Crippen LogP contribution in [0.5, 0.6) is 0 Å². The maximum Gasteiger partial charge on any atom is 0.332 e. The van der Waals surface area contributed by atoms with Crippen molar-refractivity contribution in [1.29, 1.82) is 0 Å². The minimum absolute atomic E-state index is 0.0241. The highest BCUT2D eigenvalue weighted by atomic mass is 16.1. The van der Waals surface area contributed by atoms with E-state index in [1.165, 1.54) is 5.56 Å². The molecule has 1 aliphatic rings. The van der Waals surface area contributed by atoms with Gasteiger partial charge in [-0.05, 0) is 43.6 Å². The standard InChI is InChI=1S/C16H22N4O/c1-18-7-8-20(16(18)21)14-5-3-13(4-6-14)15-9-12(10-17)11-19(15)2/h3-8,12,15H,9-11,17H2,1-2H3. The average molecular weight is 286 g/mol. The molecule has 2 aromatic rings. The van der Waals surface area contributed by atoms with Crippen LogP contribution in [-0.4, -0.2) is 34.2 Å². The molecular formula is C16H22N4O. The Balaban J connectivity index is 1.85. The van der Waals surface area contributed by atoms with E-state index < -0.39 is 0 Å². The third kappa shape index (κ3) is 2.54. The van der Waals surface area contributed by atoms with E-state index in [-0.39, 0.29) is 5.69 Å². The molecule has 2 N–H and O–H groups in total. The molecule has 1 aromatic carbocycles. The molecule has 5 heteroatoms. The molecule has 112 valence electrons. The van der Waals surface area contributed by atoms with Gasteiger partial charge in [0.1, 0.15) is 0 Å². The molecule has 2 atom stereocenters. The highest BCUT2D eigenvalue weighted by Gasteiger charge is 2.29. The van der Waals surface area contributed by atoms with Gasteiger partial charge in [0.05, 0.1) is 5.69 Å². The smallest absolute Gasteiger partial charge is 0.330 e. The van der Waals surface area contributed by atoms with Gasteiger partial charge in [-0.25, -0.2) is 4.79 Å². The summed E-state index contributed by atoms with van der Waals surface area (Å²) in [5.74, 6) is 0.580. The zero-order chi connectivity index (χ0) is 15.0. The van der Waals surface area contributed by atoms with Gasteiger partial charge >= 0.3 is 5.69 Å². The number of nitrogens with zero attached hydrogens (tertiary/aromatic N) is 3. The predicted octanol–water partition coefficient (Wildman–Crippen LogP) is 1.13. The van der Waals surface area contributed by atoms with Crippen LogP contribution in [0.2, 0.25) is 0 Å². The molecule has 1 saturated heterocycles. The van der Waals surface area contributed by atoms with Crippen LogP contribution in [0.1, 0.15) is 18.0 Å². The lowest BCUT2D eigenvalue weighted by Crippen LogP contribution is -2.21. The largest absolute Gasteiger partial charge is 0.332 e. The first-order valence-corrected chi connectivity index (χ1v) is 7.34. The summed E-state index contributed by atoms with van der Waals surface area (Å²) in [7, 11) is 3.91. The minimum atomic E-state index is -0.0241. The van der Waals surface area contributed by atoms with Crippen LogP contribution >= 0.6 is 0 Å². The summed E-state index contributed by atoms with van der Waals surface area (Å²) >= 11 is 0. The molecule has 0 saturated carbocycles. The van der Waals surface area contributed by atoms with Gasteiger partial charge < -0.3 is 10.3 Å². The predicted molar refractivity (Wildman–Crippen MR) is 83.5 cm³/mol.